The van der Waals surface area contributed by atoms with Crippen molar-refractivity contribution in [1.29, 1.82) is 0 Å². The van der Waals surface area contributed by atoms with Gasteiger partial charge in [0, 0.05) is 18.9 Å². The van der Waals surface area contributed by atoms with E-state index in [-0.39, 0.29) is 17.0 Å². The van der Waals surface area contributed by atoms with Crippen molar-refractivity contribution in [1.82, 2.24) is 4.90 Å². The van der Waals surface area contributed by atoms with Gasteiger partial charge in [0.2, 0.25) is 0 Å². The lowest BCUT2D eigenvalue weighted by Gasteiger charge is -2.21. The Balaban J connectivity index is 0.00000169. The van der Waals surface area contributed by atoms with E-state index in [1.807, 2.05) is 14.1 Å². The first-order valence-electron chi connectivity index (χ1n) is 5.37. The third kappa shape index (κ3) is 5.11. The molecular formula is C11H22BrNO. The van der Waals surface area contributed by atoms with Crippen LogP contribution in [-0.2, 0) is 4.79 Å². The Labute approximate surface area is 97.8 Å². The first-order chi connectivity index (χ1) is 6.20. The summed E-state index contributed by atoms with van der Waals surface area (Å²) in [5.41, 5.74) is 0. The van der Waals surface area contributed by atoms with Crippen LogP contribution >= 0.6 is 17.0 Å². The maximum absolute atomic E-state index is 11.7. The molecule has 1 aliphatic carbocycles. The van der Waals surface area contributed by atoms with E-state index >= 15 is 0 Å². The molecule has 0 radical (unpaired) electrons. The van der Waals surface area contributed by atoms with E-state index in [0.717, 1.165) is 25.8 Å². The fourth-order valence-corrected chi connectivity index (χ4v) is 2.04. The van der Waals surface area contributed by atoms with Gasteiger partial charge in [0.25, 0.3) is 0 Å². The molecule has 14 heavy (non-hydrogen) atoms. The smallest absolute Gasteiger partial charge is 0.137 e. The van der Waals surface area contributed by atoms with Crippen LogP contribution in [0.5, 0.6) is 0 Å². The number of ketones is 1. The minimum Gasteiger partial charge on any atom is -0.309 e. The van der Waals surface area contributed by atoms with Crippen molar-refractivity contribution < 1.29 is 4.79 Å². The zero-order valence-corrected chi connectivity index (χ0v) is 11.0. The van der Waals surface area contributed by atoms with E-state index in [1.54, 1.807) is 0 Å². The van der Waals surface area contributed by atoms with E-state index in [4.69, 9.17) is 0 Å². The van der Waals surface area contributed by atoms with Crippen LogP contribution < -0.4 is 0 Å². The van der Waals surface area contributed by atoms with Crippen molar-refractivity contribution in [3.8, 4) is 0 Å². The van der Waals surface area contributed by atoms with Gasteiger partial charge >= 0.3 is 0 Å². The molecule has 1 unspecified atom stereocenters. The summed E-state index contributed by atoms with van der Waals surface area (Å²) >= 11 is 0. The van der Waals surface area contributed by atoms with Gasteiger partial charge in [0.05, 0.1) is 0 Å². The van der Waals surface area contributed by atoms with Gasteiger partial charge in [0.15, 0.2) is 0 Å². The monoisotopic (exact) mass is 263 g/mol. The summed E-state index contributed by atoms with van der Waals surface area (Å²) in [6.07, 6.45) is 6.85. The molecule has 3 heteroatoms. The molecule has 0 heterocycles. The molecule has 0 aromatic rings. The summed E-state index contributed by atoms with van der Waals surface area (Å²) in [6, 6.07) is 0. The maximum atomic E-state index is 11.7. The number of nitrogens with zero attached hydrogens (tertiary/aromatic N) is 1. The highest BCUT2D eigenvalue weighted by Gasteiger charge is 2.19. The Kier molecular flexibility index (Phi) is 7.47. The molecular weight excluding hydrogens is 242 g/mol. The van der Waals surface area contributed by atoms with Gasteiger partial charge in [-0.05, 0) is 26.9 Å². The molecule has 0 amide bonds. The summed E-state index contributed by atoms with van der Waals surface area (Å²) in [4.78, 5) is 13.8. The van der Waals surface area contributed by atoms with Crippen LogP contribution in [0.4, 0.5) is 0 Å². The minimum atomic E-state index is 0. The molecule has 0 spiro atoms. The molecule has 1 saturated carbocycles. The lowest BCUT2D eigenvalue weighted by Crippen LogP contribution is -2.28. The van der Waals surface area contributed by atoms with Crippen molar-refractivity contribution in [3.05, 3.63) is 0 Å². The quantitative estimate of drug-likeness (QED) is 0.764. The molecule has 84 valence electrons. The second-order valence-electron chi connectivity index (χ2n) is 4.38. The summed E-state index contributed by atoms with van der Waals surface area (Å²) in [7, 11) is 4.10. The fraction of sp³-hybridized carbons (Fsp3) is 0.909. The summed E-state index contributed by atoms with van der Waals surface area (Å²) < 4.78 is 0. The summed E-state index contributed by atoms with van der Waals surface area (Å²) in [5, 5.41) is 0. The normalized spacial score (nSPS) is 23.9. The standard InChI is InChI=1S/C11H21NO.BrH/c1-12(2)9-10-7-5-3-4-6-8-11(10)13;/h10H,3-9H2,1-2H3;1H. The topological polar surface area (TPSA) is 20.3 Å². The SMILES string of the molecule is Br.CN(C)CC1CCCCCCC1=O. The fourth-order valence-electron chi connectivity index (χ4n) is 2.04. The van der Waals surface area contributed by atoms with Gasteiger partial charge in [-0.3, -0.25) is 4.79 Å². The molecule has 0 N–H and O–H groups in total. The van der Waals surface area contributed by atoms with Gasteiger partial charge in [-0.15, -0.1) is 17.0 Å². The number of Topliss-reactive ketones (excluding diaryl/α,β-unsaturated/α-hetero) is 1. The number of hydrogen-bond donors (Lipinski definition) is 0. The van der Waals surface area contributed by atoms with Gasteiger partial charge in [-0.25, -0.2) is 0 Å². The highest BCUT2D eigenvalue weighted by molar-refractivity contribution is 8.93. The Bertz CT molecular complexity index is 171. The van der Waals surface area contributed by atoms with Gasteiger partial charge in [-0.2, -0.15) is 0 Å². The van der Waals surface area contributed by atoms with Crippen molar-refractivity contribution in [2.45, 2.75) is 38.5 Å². The zero-order chi connectivity index (χ0) is 9.68. The van der Waals surface area contributed by atoms with Gasteiger partial charge in [-0.1, -0.05) is 19.3 Å². The number of halogens is 1. The van der Waals surface area contributed by atoms with Gasteiger partial charge in [0.1, 0.15) is 5.78 Å². The average molecular weight is 264 g/mol. The first-order valence-corrected chi connectivity index (χ1v) is 5.37. The second kappa shape index (κ2) is 7.41. The number of carbonyl (C=O) groups is 1. The predicted octanol–water partition coefficient (Wildman–Crippen LogP) is 2.67. The molecule has 0 bridgehead atoms. The van der Waals surface area contributed by atoms with Gasteiger partial charge < -0.3 is 4.90 Å². The molecule has 0 aromatic heterocycles. The van der Waals surface area contributed by atoms with Crippen LogP contribution in [-0.4, -0.2) is 31.3 Å². The van der Waals surface area contributed by atoms with Crippen LogP contribution in [0.25, 0.3) is 0 Å². The molecule has 0 aromatic carbocycles. The number of rotatable bonds is 2. The van der Waals surface area contributed by atoms with Crippen molar-refractivity contribution >= 4 is 22.8 Å². The lowest BCUT2D eigenvalue weighted by molar-refractivity contribution is -0.124. The Morgan fingerprint density at radius 3 is 2.50 bits per heavy atom. The Hall–Kier alpha value is 0.110. The minimum absolute atomic E-state index is 0. The third-order valence-electron chi connectivity index (χ3n) is 2.77. The second-order valence-corrected chi connectivity index (χ2v) is 4.38. The number of hydrogen-bond acceptors (Lipinski definition) is 2. The van der Waals surface area contributed by atoms with E-state index in [0.29, 0.717) is 11.7 Å². The predicted molar refractivity (Wildman–Crippen MR) is 65.1 cm³/mol. The highest BCUT2D eigenvalue weighted by Crippen LogP contribution is 2.19. The highest BCUT2D eigenvalue weighted by atomic mass is 79.9. The molecule has 1 rings (SSSR count). The van der Waals surface area contributed by atoms with Crippen molar-refractivity contribution in [3.63, 3.8) is 0 Å². The average Bonchev–Trinajstić information content (AvgIpc) is 2.04. The van der Waals surface area contributed by atoms with Crippen LogP contribution in [0.15, 0.2) is 0 Å². The Morgan fingerprint density at radius 2 is 1.86 bits per heavy atom. The van der Waals surface area contributed by atoms with Crippen LogP contribution in [0.3, 0.4) is 0 Å². The van der Waals surface area contributed by atoms with Crippen LogP contribution in [0.2, 0.25) is 0 Å². The first kappa shape index (κ1) is 14.1. The van der Waals surface area contributed by atoms with Crippen LogP contribution in [0.1, 0.15) is 38.5 Å². The number of carbonyl (C=O) groups excluding carboxylic acids is 1. The maximum Gasteiger partial charge on any atom is 0.137 e. The molecule has 0 aliphatic heterocycles. The molecule has 1 aliphatic rings. The van der Waals surface area contributed by atoms with E-state index in [1.165, 1.54) is 19.3 Å². The molecule has 1 atom stereocenters. The zero-order valence-electron chi connectivity index (χ0n) is 9.29. The van der Waals surface area contributed by atoms with E-state index < -0.39 is 0 Å². The molecule has 2 nitrogen and oxygen atoms in total. The Morgan fingerprint density at radius 1 is 1.21 bits per heavy atom. The van der Waals surface area contributed by atoms with Crippen molar-refractivity contribution in [2.24, 2.45) is 5.92 Å². The largest absolute Gasteiger partial charge is 0.309 e. The van der Waals surface area contributed by atoms with E-state index in [2.05, 4.69) is 4.90 Å². The lowest BCUT2D eigenvalue weighted by atomic mass is 9.90. The summed E-state index contributed by atoms with van der Waals surface area (Å²) in [6.45, 7) is 0.943. The molecule has 0 saturated heterocycles. The van der Waals surface area contributed by atoms with Crippen molar-refractivity contribution in [2.75, 3.05) is 20.6 Å². The van der Waals surface area contributed by atoms with Crippen LogP contribution in [0, 0.1) is 5.92 Å². The van der Waals surface area contributed by atoms with E-state index in [9.17, 15) is 4.79 Å². The third-order valence-corrected chi connectivity index (χ3v) is 2.77. The summed E-state index contributed by atoms with van der Waals surface area (Å²) in [5.74, 6) is 0.809. The molecule has 1 fully saturated rings.